The minimum atomic E-state index is -0.192. The van der Waals surface area contributed by atoms with Crippen LogP contribution in [-0.4, -0.2) is 44.4 Å². The van der Waals surface area contributed by atoms with Crippen LogP contribution < -0.4 is 20.9 Å². The summed E-state index contributed by atoms with van der Waals surface area (Å²) in [6.45, 7) is 1.90. The molecule has 4 N–H and O–H groups in total. The van der Waals surface area contributed by atoms with Crippen LogP contribution in [0, 0.1) is 5.92 Å². The zero-order valence-electron chi connectivity index (χ0n) is 16.5. The summed E-state index contributed by atoms with van der Waals surface area (Å²) in [5.74, 6) is -0.263. The standard InChI is InChI=1S/C22H26N4O3/c1-23-21(28)17-6-5-9-19(14-17)24-20(27)15-26-12-10-16(11-13-26)22(29)25-18-7-3-2-4-8-18/h2-9,14,16H,10-13,15H2,1H3,(H,23,28)(H,24,27)(H,25,29)/p+1. The summed E-state index contributed by atoms with van der Waals surface area (Å²) in [4.78, 5) is 37.7. The molecule has 2 aromatic rings. The molecule has 152 valence electrons. The van der Waals surface area contributed by atoms with E-state index in [4.69, 9.17) is 0 Å². The molecule has 3 rings (SSSR count). The molecule has 3 amide bonds. The minimum absolute atomic E-state index is 0.0220. The fourth-order valence-corrected chi connectivity index (χ4v) is 3.55. The Hall–Kier alpha value is -3.19. The number of hydrogen-bond acceptors (Lipinski definition) is 3. The van der Waals surface area contributed by atoms with Crippen molar-refractivity contribution in [1.82, 2.24) is 5.32 Å². The molecule has 0 spiro atoms. The molecule has 0 atom stereocenters. The third-order valence-electron chi connectivity index (χ3n) is 5.15. The van der Waals surface area contributed by atoms with Crippen molar-refractivity contribution in [2.75, 3.05) is 37.3 Å². The Labute approximate surface area is 170 Å². The first kappa shape index (κ1) is 20.5. The quantitative estimate of drug-likeness (QED) is 0.586. The van der Waals surface area contributed by atoms with E-state index >= 15 is 0 Å². The first-order valence-electron chi connectivity index (χ1n) is 9.86. The molecule has 0 bridgehead atoms. The Morgan fingerprint density at radius 2 is 1.62 bits per heavy atom. The Bertz CT molecular complexity index is 861. The highest BCUT2D eigenvalue weighted by Crippen LogP contribution is 2.14. The van der Waals surface area contributed by atoms with Gasteiger partial charge in [-0.2, -0.15) is 0 Å². The number of para-hydroxylation sites is 1. The first-order valence-corrected chi connectivity index (χ1v) is 9.86. The van der Waals surface area contributed by atoms with Gasteiger partial charge < -0.3 is 20.9 Å². The van der Waals surface area contributed by atoms with E-state index in [0.717, 1.165) is 36.5 Å². The molecule has 1 aliphatic rings. The van der Waals surface area contributed by atoms with Crippen molar-refractivity contribution in [3.05, 3.63) is 60.2 Å². The summed E-state index contributed by atoms with van der Waals surface area (Å²) in [7, 11) is 1.57. The van der Waals surface area contributed by atoms with E-state index in [2.05, 4.69) is 16.0 Å². The number of quaternary nitrogens is 1. The number of benzene rings is 2. The molecule has 1 fully saturated rings. The van der Waals surface area contributed by atoms with Gasteiger partial charge in [-0.05, 0) is 30.3 Å². The average Bonchev–Trinajstić information content (AvgIpc) is 2.74. The fourth-order valence-electron chi connectivity index (χ4n) is 3.55. The van der Waals surface area contributed by atoms with E-state index in [1.54, 1.807) is 31.3 Å². The van der Waals surface area contributed by atoms with E-state index in [1.807, 2.05) is 30.3 Å². The number of amides is 3. The first-order chi connectivity index (χ1) is 14.0. The van der Waals surface area contributed by atoms with Crippen LogP contribution in [-0.2, 0) is 9.59 Å². The summed E-state index contributed by atoms with van der Waals surface area (Å²) < 4.78 is 0. The van der Waals surface area contributed by atoms with E-state index in [0.29, 0.717) is 17.8 Å². The van der Waals surface area contributed by atoms with Crippen LogP contribution in [0.3, 0.4) is 0 Å². The highest BCUT2D eigenvalue weighted by Gasteiger charge is 2.28. The van der Waals surface area contributed by atoms with Crippen molar-refractivity contribution in [1.29, 1.82) is 0 Å². The highest BCUT2D eigenvalue weighted by atomic mass is 16.2. The van der Waals surface area contributed by atoms with Crippen molar-refractivity contribution in [3.63, 3.8) is 0 Å². The Morgan fingerprint density at radius 1 is 0.931 bits per heavy atom. The Balaban J connectivity index is 1.45. The molecule has 2 aromatic carbocycles. The SMILES string of the molecule is CNC(=O)c1cccc(NC(=O)C[NH+]2CCC(C(=O)Nc3ccccc3)CC2)c1. The number of carbonyl (C=O) groups excluding carboxylic acids is 3. The molecule has 7 nitrogen and oxygen atoms in total. The van der Waals surface area contributed by atoms with Gasteiger partial charge >= 0.3 is 0 Å². The second-order valence-corrected chi connectivity index (χ2v) is 7.26. The van der Waals surface area contributed by atoms with Gasteiger partial charge in [0.15, 0.2) is 6.54 Å². The van der Waals surface area contributed by atoms with Gasteiger partial charge in [-0.3, -0.25) is 14.4 Å². The van der Waals surface area contributed by atoms with Gasteiger partial charge in [0.1, 0.15) is 0 Å². The van der Waals surface area contributed by atoms with Crippen LogP contribution in [0.25, 0.3) is 0 Å². The monoisotopic (exact) mass is 395 g/mol. The van der Waals surface area contributed by atoms with Crippen LogP contribution in [0.15, 0.2) is 54.6 Å². The van der Waals surface area contributed by atoms with Crippen molar-refractivity contribution in [2.45, 2.75) is 12.8 Å². The van der Waals surface area contributed by atoms with E-state index < -0.39 is 0 Å². The number of rotatable bonds is 6. The van der Waals surface area contributed by atoms with E-state index in [1.165, 1.54) is 0 Å². The molecule has 7 heteroatoms. The number of carbonyl (C=O) groups is 3. The molecule has 0 unspecified atom stereocenters. The maximum atomic E-state index is 12.4. The summed E-state index contributed by atoms with van der Waals surface area (Å²) in [5, 5.41) is 8.38. The van der Waals surface area contributed by atoms with Crippen LogP contribution >= 0.6 is 0 Å². The minimum Gasteiger partial charge on any atom is -0.355 e. The van der Waals surface area contributed by atoms with Crippen LogP contribution in [0.1, 0.15) is 23.2 Å². The maximum Gasteiger partial charge on any atom is 0.279 e. The number of piperidine rings is 1. The fraction of sp³-hybridized carbons (Fsp3) is 0.318. The number of nitrogens with one attached hydrogen (secondary N) is 4. The van der Waals surface area contributed by atoms with Gasteiger partial charge in [-0.25, -0.2) is 0 Å². The summed E-state index contributed by atoms with van der Waals surface area (Å²) in [5.41, 5.74) is 1.92. The largest absolute Gasteiger partial charge is 0.355 e. The van der Waals surface area contributed by atoms with Gasteiger partial charge in [0.05, 0.1) is 13.1 Å². The lowest BCUT2D eigenvalue weighted by Crippen LogP contribution is -3.14. The topological polar surface area (TPSA) is 91.7 Å². The molecule has 29 heavy (non-hydrogen) atoms. The zero-order valence-corrected chi connectivity index (χ0v) is 16.5. The van der Waals surface area contributed by atoms with Crippen molar-refractivity contribution < 1.29 is 19.3 Å². The molecular formula is C22H27N4O3+. The molecule has 0 radical (unpaired) electrons. The second-order valence-electron chi connectivity index (χ2n) is 7.26. The highest BCUT2D eigenvalue weighted by molar-refractivity contribution is 5.97. The molecule has 1 saturated heterocycles. The van der Waals surface area contributed by atoms with Gasteiger partial charge in [0, 0.05) is 42.7 Å². The molecular weight excluding hydrogens is 368 g/mol. The maximum absolute atomic E-state index is 12.4. The Morgan fingerprint density at radius 3 is 2.31 bits per heavy atom. The molecule has 0 aliphatic carbocycles. The number of anilines is 2. The molecule has 0 saturated carbocycles. The Kier molecular flexibility index (Phi) is 6.97. The predicted octanol–water partition coefficient (Wildman–Crippen LogP) is 0.918. The van der Waals surface area contributed by atoms with E-state index in [-0.39, 0.29) is 23.6 Å². The van der Waals surface area contributed by atoms with Crippen LogP contribution in [0.5, 0.6) is 0 Å². The van der Waals surface area contributed by atoms with Crippen molar-refractivity contribution in [2.24, 2.45) is 5.92 Å². The number of likely N-dealkylation sites (tertiary alicyclic amines) is 1. The van der Waals surface area contributed by atoms with Gasteiger partial charge in [0.2, 0.25) is 5.91 Å². The summed E-state index contributed by atoms with van der Waals surface area (Å²) in [6.07, 6.45) is 1.51. The summed E-state index contributed by atoms with van der Waals surface area (Å²) >= 11 is 0. The van der Waals surface area contributed by atoms with Gasteiger partial charge in [0.25, 0.3) is 11.8 Å². The lowest BCUT2D eigenvalue weighted by atomic mass is 9.96. The van der Waals surface area contributed by atoms with Gasteiger partial charge in [-0.1, -0.05) is 24.3 Å². The zero-order chi connectivity index (χ0) is 20.6. The molecule has 0 aromatic heterocycles. The normalized spacial score (nSPS) is 18.5. The molecule has 1 aliphatic heterocycles. The summed E-state index contributed by atoms with van der Waals surface area (Å²) in [6, 6.07) is 16.3. The van der Waals surface area contributed by atoms with Crippen molar-refractivity contribution in [3.8, 4) is 0 Å². The van der Waals surface area contributed by atoms with Crippen molar-refractivity contribution >= 4 is 29.1 Å². The third-order valence-corrected chi connectivity index (χ3v) is 5.15. The lowest BCUT2D eigenvalue weighted by Gasteiger charge is -2.28. The average molecular weight is 395 g/mol. The van der Waals surface area contributed by atoms with Crippen LogP contribution in [0.4, 0.5) is 11.4 Å². The van der Waals surface area contributed by atoms with Gasteiger partial charge in [-0.15, -0.1) is 0 Å². The van der Waals surface area contributed by atoms with Crippen LogP contribution in [0.2, 0.25) is 0 Å². The smallest absolute Gasteiger partial charge is 0.279 e. The second kappa shape index (κ2) is 9.84. The van der Waals surface area contributed by atoms with E-state index in [9.17, 15) is 14.4 Å². The predicted molar refractivity (Wildman–Crippen MR) is 112 cm³/mol. The molecule has 1 heterocycles. The lowest BCUT2D eigenvalue weighted by molar-refractivity contribution is -0.897. The third kappa shape index (κ3) is 5.89. The number of hydrogen-bond donors (Lipinski definition) is 4.